The van der Waals surface area contributed by atoms with Crippen LogP contribution >= 0.6 is 0 Å². The Morgan fingerprint density at radius 1 is 1.24 bits per heavy atom. The van der Waals surface area contributed by atoms with Gasteiger partial charge in [-0.15, -0.1) is 0 Å². The first-order chi connectivity index (χ1) is 11.6. The quantitative estimate of drug-likeness (QED) is 0.776. The molecule has 2 amide bonds. The number of nitrogens with one attached hydrogen (secondary N) is 3. The third-order valence-electron chi connectivity index (χ3n) is 4.21. The number of aryl methyl sites for hydroxylation is 1. The molecule has 2 rings (SSSR count). The Morgan fingerprint density at radius 2 is 1.88 bits per heavy atom. The molecule has 1 aliphatic carbocycles. The number of amides is 2. The molecule has 1 fully saturated rings. The number of carbonyl (C=O) groups is 2. The highest BCUT2D eigenvalue weighted by Gasteiger charge is 2.36. The molecule has 25 heavy (non-hydrogen) atoms. The number of hydrogen-bond donors (Lipinski definition) is 3. The van der Waals surface area contributed by atoms with Gasteiger partial charge in [0.2, 0.25) is 0 Å². The minimum Gasteiger partial charge on any atom is -0.444 e. The summed E-state index contributed by atoms with van der Waals surface area (Å²) in [6, 6.07) is 3.21. The summed E-state index contributed by atoms with van der Waals surface area (Å²) in [5.41, 5.74) is -0.764. The highest BCUT2D eigenvalue weighted by atomic mass is 16.6. The molecule has 0 spiro atoms. The van der Waals surface area contributed by atoms with Gasteiger partial charge in [-0.3, -0.25) is 9.59 Å². The largest absolute Gasteiger partial charge is 0.444 e. The first kappa shape index (κ1) is 19.0. The second kappa shape index (κ2) is 7.29. The van der Waals surface area contributed by atoms with E-state index in [1.54, 1.807) is 33.8 Å². The van der Waals surface area contributed by atoms with Gasteiger partial charge in [-0.2, -0.15) is 0 Å². The normalized spacial score (nSPS) is 16.3. The summed E-state index contributed by atoms with van der Waals surface area (Å²) in [5.74, 6) is -0.422. The maximum atomic E-state index is 12.5. The van der Waals surface area contributed by atoms with Crippen molar-refractivity contribution in [2.75, 3.05) is 6.54 Å². The van der Waals surface area contributed by atoms with Crippen molar-refractivity contribution in [2.24, 2.45) is 0 Å². The molecule has 0 aliphatic heterocycles. The molecule has 7 heteroatoms. The topological polar surface area (TPSA) is 100 Å². The summed E-state index contributed by atoms with van der Waals surface area (Å²) in [5, 5.41) is 5.70. The zero-order chi connectivity index (χ0) is 18.7. The van der Waals surface area contributed by atoms with Gasteiger partial charge in [0, 0.05) is 12.2 Å². The van der Waals surface area contributed by atoms with Gasteiger partial charge in [-0.1, -0.05) is 12.8 Å². The van der Waals surface area contributed by atoms with E-state index in [0.717, 1.165) is 25.7 Å². The van der Waals surface area contributed by atoms with E-state index in [1.807, 2.05) is 0 Å². The lowest BCUT2D eigenvalue weighted by molar-refractivity contribution is 0.0504. The number of rotatable bonds is 4. The van der Waals surface area contributed by atoms with E-state index in [4.69, 9.17) is 4.74 Å². The standard InChI is InChI=1S/C18H27N3O4/c1-12-7-8-13(14(22)20-12)15(23)21-18(9-5-6-10-18)11-19-16(24)25-17(2,3)4/h7-8H,5-6,9-11H2,1-4H3,(H,19,24)(H,20,22)(H,21,23). The second-order valence-corrected chi connectivity index (χ2v) is 7.68. The molecule has 3 N–H and O–H groups in total. The van der Waals surface area contributed by atoms with E-state index >= 15 is 0 Å². The molecule has 1 saturated carbocycles. The third-order valence-corrected chi connectivity index (χ3v) is 4.21. The van der Waals surface area contributed by atoms with Crippen LogP contribution < -0.4 is 16.2 Å². The molecule has 0 atom stereocenters. The predicted octanol–water partition coefficient (Wildman–Crippen LogP) is 2.25. The van der Waals surface area contributed by atoms with Crippen LogP contribution in [0.4, 0.5) is 4.79 Å². The zero-order valence-corrected chi connectivity index (χ0v) is 15.3. The van der Waals surface area contributed by atoms with Crippen molar-refractivity contribution >= 4 is 12.0 Å². The fourth-order valence-electron chi connectivity index (χ4n) is 3.01. The molecule has 0 saturated heterocycles. The van der Waals surface area contributed by atoms with Gasteiger partial charge < -0.3 is 20.4 Å². The Labute approximate surface area is 147 Å². The first-order valence-corrected chi connectivity index (χ1v) is 8.60. The molecule has 138 valence electrons. The molecule has 0 unspecified atom stereocenters. The molecule has 1 aliphatic rings. The number of hydrogen-bond acceptors (Lipinski definition) is 4. The third kappa shape index (κ3) is 5.34. The average Bonchev–Trinajstić information content (AvgIpc) is 2.92. The molecular weight excluding hydrogens is 322 g/mol. The van der Waals surface area contributed by atoms with Crippen molar-refractivity contribution in [2.45, 2.75) is 64.5 Å². The van der Waals surface area contributed by atoms with Gasteiger partial charge in [-0.25, -0.2) is 4.79 Å². The van der Waals surface area contributed by atoms with Crippen molar-refractivity contribution in [3.8, 4) is 0 Å². The average molecular weight is 349 g/mol. The van der Waals surface area contributed by atoms with E-state index in [1.165, 1.54) is 6.07 Å². The molecular formula is C18H27N3O4. The smallest absolute Gasteiger partial charge is 0.407 e. The number of carbonyl (C=O) groups excluding carboxylic acids is 2. The van der Waals surface area contributed by atoms with Crippen LogP contribution in [-0.4, -0.2) is 34.7 Å². The monoisotopic (exact) mass is 349 g/mol. The maximum Gasteiger partial charge on any atom is 0.407 e. The first-order valence-electron chi connectivity index (χ1n) is 8.60. The predicted molar refractivity (Wildman–Crippen MR) is 94.7 cm³/mol. The zero-order valence-electron chi connectivity index (χ0n) is 15.3. The number of aromatic nitrogens is 1. The lowest BCUT2D eigenvalue weighted by Gasteiger charge is -2.31. The highest BCUT2D eigenvalue weighted by Crippen LogP contribution is 2.29. The number of H-pyrrole nitrogens is 1. The summed E-state index contributed by atoms with van der Waals surface area (Å²) < 4.78 is 5.25. The van der Waals surface area contributed by atoms with E-state index in [0.29, 0.717) is 5.69 Å². The Bertz CT molecular complexity index is 697. The molecule has 1 aromatic rings. The summed E-state index contributed by atoms with van der Waals surface area (Å²) in [6.45, 7) is 7.42. The Kier molecular flexibility index (Phi) is 5.55. The number of pyridine rings is 1. The van der Waals surface area contributed by atoms with Gasteiger partial charge in [-0.05, 0) is 52.7 Å². The number of alkyl carbamates (subject to hydrolysis) is 1. The molecule has 0 aromatic carbocycles. The van der Waals surface area contributed by atoms with Crippen molar-refractivity contribution in [3.05, 3.63) is 33.7 Å². The van der Waals surface area contributed by atoms with Crippen LogP contribution in [0.1, 0.15) is 62.5 Å². The lowest BCUT2D eigenvalue weighted by atomic mass is 9.97. The molecule has 1 heterocycles. The number of ether oxygens (including phenoxy) is 1. The van der Waals surface area contributed by atoms with Crippen LogP contribution in [0.5, 0.6) is 0 Å². The summed E-state index contributed by atoms with van der Waals surface area (Å²) in [7, 11) is 0. The summed E-state index contributed by atoms with van der Waals surface area (Å²) in [6.07, 6.45) is 2.90. The van der Waals surface area contributed by atoms with Crippen LogP contribution in [0.3, 0.4) is 0 Å². The van der Waals surface area contributed by atoms with Crippen LogP contribution in [0.2, 0.25) is 0 Å². The van der Waals surface area contributed by atoms with E-state index < -0.39 is 28.7 Å². The SMILES string of the molecule is Cc1ccc(C(=O)NC2(CNC(=O)OC(C)(C)C)CCCC2)c(=O)[nH]1. The highest BCUT2D eigenvalue weighted by molar-refractivity contribution is 5.94. The number of aromatic amines is 1. The maximum absolute atomic E-state index is 12.5. The fraction of sp³-hybridized carbons (Fsp3) is 0.611. The van der Waals surface area contributed by atoms with E-state index in [9.17, 15) is 14.4 Å². The van der Waals surface area contributed by atoms with Crippen LogP contribution in [0.15, 0.2) is 16.9 Å². The fourth-order valence-corrected chi connectivity index (χ4v) is 3.01. The summed E-state index contributed by atoms with van der Waals surface area (Å²) >= 11 is 0. The Hall–Kier alpha value is -2.31. The van der Waals surface area contributed by atoms with E-state index in [-0.39, 0.29) is 12.1 Å². The Balaban J connectivity index is 2.05. The van der Waals surface area contributed by atoms with Crippen LogP contribution in [-0.2, 0) is 4.74 Å². The minimum absolute atomic E-state index is 0.0779. The van der Waals surface area contributed by atoms with Crippen molar-refractivity contribution in [1.82, 2.24) is 15.6 Å². The molecule has 1 aromatic heterocycles. The molecule has 0 radical (unpaired) electrons. The van der Waals surface area contributed by atoms with E-state index in [2.05, 4.69) is 15.6 Å². The van der Waals surface area contributed by atoms with Crippen molar-refractivity contribution in [1.29, 1.82) is 0 Å². The molecule has 7 nitrogen and oxygen atoms in total. The van der Waals surface area contributed by atoms with Gasteiger partial charge in [0.1, 0.15) is 11.2 Å². The molecule has 0 bridgehead atoms. The van der Waals surface area contributed by atoms with Gasteiger partial charge in [0.05, 0.1) is 5.54 Å². The van der Waals surface area contributed by atoms with Gasteiger partial charge >= 0.3 is 6.09 Å². The van der Waals surface area contributed by atoms with Crippen molar-refractivity contribution in [3.63, 3.8) is 0 Å². The van der Waals surface area contributed by atoms with Gasteiger partial charge in [0.15, 0.2) is 0 Å². The Morgan fingerprint density at radius 3 is 2.44 bits per heavy atom. The van der Waals surface area contributed by atoms with Crippen LogP contribution in [0, 0.1) is 6.92 Å². The second-order valence-electron chi connectivity index (χ2n) is 7.68. The van der Waals surface area contributed by atoms with Crippen molar-refractivity contribution < 1.29 is 14.3 Å². The summed E-state index contributed by atoms with van der Waals surface area (Å²) in [4.78, 5) is 39.0. The lowest BCUT2D eigenvalue weighted by Crippen LogP contribution is -2.55. The van der Waals surface area contributed by atoms with Gasteiger partial charge in [0.25, 0.3) is 11.5 Å². The van der Waals surface area contributed by atoms with Crippen LogP contribution in [0.25, 0.3) is 0 Å². The minimum atomic E-state index is -0.578.